The third-order valence-electron chi connectivity index (χ3n) is 2.85. The Morgan fingerprint density at radius 1 is 1.05 bits per heavy atom. The number of aromatic hydroxyl groups is 1. The highest BCUT2D eigenvalue weighted by Crippen LogP contribution is 2.26. The number of halogens is 1. The van der Waals surface area contributed by atoms with E-state index < -0.39 is 21.6 Å². The Kier molecular flexibility index (Phi) is 4.56. The van der Waals surface area contributed by atoms with Gasteiger partial charge in [-0.25, -0.2) is 17.5 Å². The number of aliphatic hydroxyl groups is 1. The number of phenolic OH excluding ortho intramolecular Hbond substituents is 1. The molecule has 0 saturated carbocycles. The van der Waals surface area contributed by atoms with Crippen molar-refractivity contribution in [3.63, 3.8) is 0 Å². The van der Waals surface area contributed by atoms with Gasteiger partial charge in [-0.2, -0.15) is 0 Å². The minimum absolute atomic E-state index is 0.0596. The van der Waals surface area contributed by atoms with Crippen molar-refractivity contribution >= 4 is 10.0 Å². The van der Waals surface area contributed by atoms with Crippen LogP contribution >= 0.6 is 0 Å². The fourth-order valence-corrected chi connectivity index (χ4v) is 2.80. The lowest BCUT2D eigenvalue weighted by molar-refractivity contribution is 0.301. The van der Waals surface area contributed by atoms with Gasteiger partial charge in [0.2, 0.25) is 10.0 Å². The molecule has 2 aromatic rings. The lowest BCUT2D eigenvalue weighted by Crippen LogP contribution is -2.26. The highest BCUT2D eigenvalue weighted by Gasteiger charge is 2.13. The van der Waals surface area contributed by atoms with Crippen LogP contribution in [0.4, 0.5) is 4.39 Å². The molecular weight excluding hydrogens is 297 g/mol. The topological polar surface area (TPSA) is 86.6 Å². The monoisotopic (exact) mass is 311 g/mol. The fourth-order valence-electron chi connectivity index (χ4n) is 1.78. The summed E-state index contributed by atoms with van der Waals surface area (Å²) in [6.07, 6.45) is 0. The van der Waals surface area contributed by atoms with Gasteiger partial charge in [0.25, 0.3) is 0 Å². The predicted molar refractivity (Wildman–Crippen MR) is 75.8 cm³/mol. The third-order valence-corrected chi connectivity index (χ3v) is 4.32. The molecule has 3 N–H and O–H groups in total. The van der Waals surface area contributed by atoms with Crippen molar-refractivity contribution in [2.24, 2.45) is 0 Å². The number of aliphatic hydroxyl groups excluding tert-OH is 1. The Bertz CT molecular complexity index is 729. The van der Waals surface area contributed by atoms with Crippen LogP contribution < -0.4 is 4.72 Å². The highest BCUT2D eigenvalue weighted by atomic mass is 32.2. The van der Waals surface area contributed by atoms with Crippen LogP contribution in [0.3, 0.4) is 0 Å². The van der Waals surface area contributed by atoms with Crippen molar-refractivity contribution in [1.82, 2.24) is 4.72 Å². The molecule has 0 bridgehead atoms. The van der Waals surface area contributed by atoms with Crippen LogP contribution in [0.2, 0.25) is 0 Å². The summed E-state index contributed by atoms with van der Waals surface area (Å²) in [5.41, 5.74) is 1.22. The SMILES string of the molecule is O=S(=O)(NCCO)c1ccc(-c2ccc(F)c(O)c2)cc1. The molecule has 0 aliphatic heterocycles. The Labute approximate surface area is 121 Å². The molecule has 0 aromatic heterocycles. The van der Waals surface area contributed by atoms with E-state index >= 15 is 0 Å². The number of hydrogen-bond acceptors (Lipinski definition) is 4. The molecule has 2 aromatic carbocycles. The Balaban J connectivity index is 2.28. The zero-order chi connectivity index (χ0) is 15.5. The van der Waals surface area contributed by atoms with E-state index in [9.17, 15) is 17.9 Å². The molecule has 0 saturated heterocycles. The largest absolute Gasteiger partial charge is 0.505 e. The van der Waals surface area contributed by atoms with Gasteiger partial charge >= 0.3 is 0 Å². The van der Waals surface area contributed by atoms with Gasteiger partial charge in [0.1, 0.15) is 0 Å². The average molecular weight is 311 g/mol. The summed E-state index contributed by atoms with van der Waals surface area (Å²) in [5.74, 6) is -1.18. The van der Waals surface area contributed by atoms with Crippen LogP contribution in [0.1, 0.15) is 0 Å². The van der Waals surface area contributed by atoms with Gasteiger partial charge in [-0.1, -0.05) is 18.2 Å². The molecule has 112 valence electrons. The van der Waals surface area contributed by atoms with E-state index in [0.717, 1.165) is 6.07 Å². The minimum Gasteiger partial charge on any atom is -0.505 e. The molecule has 0 unspecified atom stereocenters. The van der Waals surface area contributed by atoms with Gasteiger partial charge in [0.05, 0.1) is 11.5 Å². The van der Waals surface area contributed by atoms with E-state index in [4.69, 9.17) is 5.11 Å². The summed E-state index contributed by atoms with van der Waals surface area (Å²) in [4.78, 5) is 0.0611. The van der Waals surface area contributed by atoms with Crippen molar-refractivity contribution in [1.29, 1.82) is 0 Å². The first-order chi connectivity index (χ1) is 9.94. The van der Waals surface area contributed by atoms with E-state index in [0.29, 0.717) is 11.1 Å². The van der Waals surface area contributed by atoms with E-state index in [1.165, 1.54) is 24.3 Å². The molecule has 0 aliphatic rings. The first kappa shape index (κ1) is 15.4. The summed E-state index contributed by atoms with van der Waals surface area (Å²) >= 11 is 0. The zero-order valence-electron chi connectivity index (χ0n) is 11.0. The van der Waals surface area contributed by atoms with E-state index in [-0.39, 0.29) is 18.0 Å². The van der Waals surface area contributed by atoms with E-state index in [1.54, 1.807) is 12.1 Å². The molecular formula is C14H14FNO4S. The second-order valence-corrected chi connectivity index (χ2v) is 6.08. The summed E-state index contributed by atoms with van der Waals surface area (Å²) in [5, 5.41) is 18.0. The maximum Gasteiger partial charge on any atom is 0.240 e. The standard InChI is InChI=1S/C14H14FNO4S/c15-13-6-3-11(9-14(13)18)10-1-4-12(5-2-10)21(19,20)16-7-8-17/h1-6,9,16-18H,7-8H2. The zero-order valence-corrected chi connectivity index (χ0v) is 11.8. The molecule has 0 aliphatic carbocycles. The van der Waals surface area contributed by atoms with Gasteiger partial charge in [0, 0.05) is 6.54 Å². The van der Waals surface area contributed by atoms with Crippen LogP contribution in [-0.2, 0) is 10.0 Å². The van der Waals surface area contributed by atoms with Crippen LogP contribution in [0.5, 0.6) is 5.75 Å². The molecule has 7 heteroatoms. The smallest absolute Gasteiger partial charge is 0.240 e. The lowest BCUT2D eigenvalue weighted by Gasteiger charge is -2.07. The highest BCUT2D eigenvalue weighted by molar-refractivity contribution is 7.89. The Hall–Kier alpha value is -1.96. The van der Waals surface area contributed by atoms with Crippen LogP contribution in [-0.4, -0.2) is 31.8 Å². The third kappa shape index (κ3) is 3.57. The maximum atomic E-state index is 13.0. The van der Waals surface area contributed by atoms with Crippen molar-refractivity contribution in [3.05, 3.63) is 48.3 Å². The summed E-state index contributed by atoms with van der Waals surface area (Å²) in [6, 6.07) is 9.80. The number of phenols is 1. The molecule has 0 radical (unpaired) electrons. The van der Waals surface area contributed by atoms with Crippen LogP contribution in [0, 0.1) is 5.82 Å². The molecule has 21 heavy (non-hydrogen) atoms. The van der Waals surface area contributed by atoms with Crippen LogP contribution in [0.25, 0.3) is 11.1 Å². The number of rotatable bonds is 5. The number of nitrogens with one attached hydrogen (secondary N) is 1. The van der Waals surface area contributed by atoms with Crippen molar-refractivity contribution < 1.29 is 23.0 Å². The lowest BCUT2D eigenvalue weighted by atomic mass is 10.1. The maximum absolute atomic E-state index is 13.0. The van der Waals surface area contributed by atoms with E-state index in [1.807, 2.05) is 0 Å². The predicted octanol–water partition coefficient (Wildman–Crippen LogP) is 1.47. The van der Waals surface area contributed by atoms with Crippen molar-refractivity contribution in [3.8, 4) is 16.9 Å². The summed E-state index contributed by atoms with van der Waals surface area (Å²) < 4.78 is 38.9. The van der Waals surface area contributed by atoms with Crippen molar-refractivity contribution in [2.75, 3.05) is 13.2 Å². The second-order valence-electron chi connectivity index (χ2n) is 4.31. The molecule has 0 amide bonds. The van der Waals surface area contributed by atoms with Gasteiger partial charge < -0.3 is 10.2 Å². The van der Waals surface area contributed by atoms with Crippen LogP contribution in [0.15, 0.2) is 47.4 Å². The van der Waals surface area contributed by atoms with Gasteiger partial charge in [-0.3, -0.25) is 0 Å². The second kappa shape index (κ2) is 6.21. The molecule has 5 nitrogen and oxygen atoms in total. The number of sulfonamides is 1. The fraction of sp³-hybridized carbons (Fsp3) is 0.143. The molecule has 0 fully saturated rings. The molecule has 2 rings (SSSR count). The Morgan fingerprint density at radius 3 is 2.24 bits per heavy atom. The molecule has 0 spiro atoms. The minimum atomic E-state index is -3.66. The van der Waals surface area contributed by atoms with Gasteiger partial charge in [-0.05, 0) is 35.4 Å². The molecule has 0 atom stereocenters. The quantitative estimate of drug-likeness (QED) is 0.780. The van der Waals surface area contributed by atoms with E-state index in [2.05, 4.69) is 4.72 Å². The van der Waals surface area contributed by atoms with Gasteiger partial charge in [0.15, 0.2) is 11.6 Å². The first-order valence-corrected chi connectivity index (χ1v) is 7.62. The average Bonchev–Trinajstić information content (AvgIpc) is 2.48. The van der Waals surface area contributed by atoms with Gasteiger partial charge in [-0.15, -0.1) is 0 Å². The normalized spacial score (nSPS) is 11.5. The number of hydrogen-bond donors (Lipinski definition) is 3. The summed E-state index contributed by atoms with van der Waals surface area (Å²) in [6.45, 7) is -0.345. The van der Waals surface area contributed by atoms with Crippen molar-refractivity contribution in [2.45, 2.75) is 4.90 Å². The first-order valence-electron chi connectivity index (χ1n) is 6.13. The molecule has 0 heterocycles. The number of benzene rings is 2. The summed E-state index contributed by atoms with van der Waals surface area (Å²) in [7, 11) is -3.66. The Morgan fingerprint density at radius 2 is 1.67 bits per heavy atom.